The molecule has 1 heterocycles. The molecular formula is C23H21F2N3O4S. The van der Waals surface area contributed by atoms with Gasteiger partial charge in [0.15, 0.2) is 0 Å². The van der Waals surface area contributed by atoms with E-state index in [-0.39, 0.29) is 29.5 Å². The molecule has 0 aliphatic heterocycles. The van der Waals surface area contributed by atoms with Gasteiger partial charge in [0.25, 0.3) is 5.91 Å². The highest BCUT2D eigenvalue weighted by Gasteiger charge is 2.26. The molecule has 0 radical (unpaired) electrons. The van der Waals surface area contributed by atoms with E-state index in [9.17, 15) is 18.4 Å². The summed E-state index contributed by atoms with van der Waals surface area (Å²) in [5, 5.41) is 20.4. The smallest absolute Gasteiger partial charge is 0.306 e. The number of aromatic nitrogens is 2. The third-order valence-electron chi connectivity index (χ3n) is 5.41. The van der Waals surface area contributed by atoms with Gasteiger partial charge in [0, 0.05) is 18.1 Å². The molecule has 1 aliphatic carbocycles. The van der Waals surface area contributed by atoms with Crippen molar-refractivity contribution in [1.29, 1.82) is 0 Å². The fraction of sp³-hybridized carbons (Fsp3) is 0.304. The zero-order chi connectivity index (χ0) is 23.4. The second-order valence-electron chi connectivity index (χ2n) is 7.86. The number of amides is 1. The van der Waals surface area contributed by atoms with Crippen LogP contribution in [0.2, 0.25) is 0 Å². The third-order valence-corrected chi connectivity index (χ3v) is 6.25. The summed E-state index contributed by atoms with van der Waals surface area (Å²) in [7, 11) is 0. The van der Waals surface area contributed by atoms with Crippen LogP contribution < -0.4 is 10.1 Å². The van der Waals surface area contributed by atoms with E-state index in [0.717, 1.165) is 17.4 Å². The van der Waals surface area contributed by atoms with Gasteiger partial charge in [-0.2, -0.15) is 0 Å². The van der Waals surface area contributed by atoms with E-state index in [1.807, 2.05) is 0 Å². The van der Waals surface area contributed by atoms with Crippen LogP contribution in [-0.2, 0) is 11.2 Å². The average Bonchev–Trinajstić information content (AvgIpc) is 3.20. The van der Waals surface area contributed by atoms with Crippen molar-refractivity contribution in [2.45, 2.75) is 38.2 Å². The predicted molar refractivity (Wildman–Crippen MR) is 117 cm³/mol. The Morgan fingerprint density at radius 1 is 1.03 bits per heavy atom. The molecule has 1 aromatic heterocycles. The minimum absolute atomic E-state index is 0.0355. The van der Waals surface area contributed by atoms with Gasteiger partial charge in [-0.15, -0.1) is 10.2 Å². The lowest BCUT2D eigenvalue weighted by Gasteiger charge is -2.26. The highest BCUT2D eigenvalue weighted by molar-refractivity contribution is 7.15. The van der Waals surface area contributed by atoms with Crippen LogP contribution in [0.4, 0.5) is 13.9 Å². The largest absolute Gasteiger partial charge is 0.490 e. The van der Waals surface area contributed by atoms with Crippen LogP contribution >= 0.6 is 11.3 Å². The summed E-state index contributed by atoms with van der Waals surface area (Å²) in [6.45, 7) is 0. The van der Waals surface area contributed by atoms with Crippen LogP contribution in [-0.4, -0.2) is 33.3 Å². The normalized spacial score (nSPS) is 18.0. The molecule has 10 heteroatoms. The fourth-order valence-electron chi connectivity index (χ4n) is 3.74. The van der Waals surface area contributed by atoms with Crippen molar-refractivity contribution >= 4 is 28.3 Å². The minimum Gasteiger partial charge on any atom is -0.490 e. The molecule has 3 aromatic rings. The summed E-state index contributed by atoms with van der Waals surface area (Å²) in [5.74, 6) is -2.14. The van der Waals surface area contributed by atoms with Crippen molar-refractivity contribution < 1.29 is 28.2 Å². The maximum Gasteiger partial charge on any atom is 0.306 e. The lowest BCUT2D eigenvalue weighted by Crippen LogP contribution is -2.27. The van der Waals surface area contributed by atoms with Crippen LogP contribution in [0.25, 0.3) is 0 Å². The molecule has 172 valence electrons. The molecule has 1 saturated carbocycles. The maximum absolute atomic E-state index is 13.3. The van der Waals surface area contributed by atoms with Crippen molar-refractivity contribution in [1.82, 2.24) is 10.2 Å². The number of nitrogens with one attached hydrogen (secondary N) is 1. The van der Waals surface area contributed by atoms with Gasteiger partial charge in [-0.25, -0.2) is 8.78 Å². The van der Waals surface area contributed by atoms with Gasteiger partial charge in [0.1, 0.15) is 22.4 Å². The molecule has 0 spiro atoms. The monoisotopic (exact) mass is 473 g/mol. The van der Waals surface area contributed by atoms with Gasteiger partial charge in [0.05, 0.1) is 12.0 Å². The predicted octanol–water partition coefficient (Wildman–Crippen LogP) is 4.68. The number of hydrogen-bond acceptors (Lipinski definition) is 6. The zero-order valence-electron chi connectivity index (χ0n) is 17.5. The Kier molecular flexibility index (Phi) is 6.93. The quantitative estimate of drug-likeness (QED) is 0.517. The van der Waals surface area contributed by atoms with Gasteiger partial charge in [-0.3, -0.25) is 14.9 Å². The van der Waals surface area contributed by atoms with Crippen LogP contribution in [0.3, 0.4) is 0 Å². The number of carboxylic acid groups (broad SMARTS) is 1. The standard InChI is InChI=1S/C23H21F2N3O4S/c24-16-9-13(10-17(25)12-16)11-20-27-28-23(33-20)26-21(29)14-1-5-18(6-2-14)32-19-7-3-15(4-8-19)22(30)31/h1-2,5-6,9-10,12,15,19H,3-4,7-8,11H2,(H,30,31)(H,26,28,29)/t15-,19+. The number of nitrogens with zero attached hydrogens (tertiary/aromatic N) is 2. The number of carbonyl (C=O) groups is 2. The third kappa shape index (κ3) is 6.10. The number of carbonyl (C=O) groups excluding carboxylic acids is 1. The Hall–Kier alpha value is -3.40. The van der Waals surface area contributed by atoms with Crippen LogP contribution in [0, 0.1) is 17.6 Å². The number of hydrogen-bond donors (Lipinski definition) is 2. The van der Waals surface area contributed by atoms with Gasteiger partial charge in [-0.1, -0.05) is 11.3 Å². The molecule has 33 heavy (non-hydrogen) atoms. The summed E-state index contributed by atoms with van der Waals surface area (Å²) in [6, 6.07) is 9.91. The summed E-state index contributed by atoms with van der Waals surface area (Å²) in [4.78, 5) is 23.6. The first-order chi connectivity index (χ1) is 15.9. The van der Waals surface area contributed by atoms with Crippen molar-refractivity contribution in [3.63, 3.8) is 0 Å². The van der Waals surface area contributed by atoms with Crippen LogP contribution in [0.15, 0.2) is 42.5 Å². The Balaban J connectivity index is 1.30. The Morgan fingerprint density at radius 3 is 2.33 bits per heavy atom. The van der Waals surface area contributed by atoms with Gasteiger partial charge in [-0.05, 0) is 67.6 Å². The number of carboxylic acids is 1. The number of halogens is 2. The Morgan fingerprint density at radius 2 is 1.70 bits per heavy atom. The first-order valence-corrected chi connectivity index (χ1v) is 11.3. The Bertz CT molecular complexity index is 1120. The zero-order valence-corrected chi connectivity index (χ0v) is 18.3. The topological polar surface area (TPSA) is 101 Å². The molecule has 0 atom stereocenters. The number of aliphatic carboxylic acids is 1. The highest BCUT2D eigenvalue weighted by atomic mass is 32.1. The van der Waals surface area contributed by atoms with Crippen LogP contribution in [0.1, 0.15) is 46.6 Å². The maximum atomic E-state index is 13.3. The summed E-state index contributed by atoms with van der Waals surface area (Å²) in [5.41, 5.74) is 0.828. The molecule has 1 aliphatic rings. The fourth-order valence-corrected chi connectivity index (χ4v) is 4.51. The number of benzene rings is 2. The van der Waals surface area contributed by atoms with Crippen LogP contribution in [0.5, 0.6) is 5.75 Å². The van der Waals surface area contributed by atoms with Crippen molar-refractivity contribution in [3.8, 4) is 5.75 Å². The Labute approximate surface area is 192 Å². The molecule has 1 amide bonds. The van der Waals surface area contributed by atoms with Crippen molar-refractivity contribution in [2.75, 3.05) is 5.32 Å². The molecule has 2 aromatic carbocycles. The van der Waals surface area contributed by atoms with E-state index in [4.69, 9.17) is 9.84 Å². The average molecular weight is 474 g/mol. The number of anilines is 1. The molecular weight excluding hydrogens is 452 g/mol. The molecule has 0 unspecified atom stereocenters. The van der Waals surface area contributed by atoms with E-state index in [0.29, 0.717) is 47.6 Å². The molecule has 7 nitrogen and oxygen atoms in total. The van der Waals surface area contributed by atoms with E-state index >= 15 is 0 Å². The highest BCUT2D eigenvalue weighted by Crippen LogP contribution is 2.28. The summed E-state index contributed by atoms with van der Waals surface area (Å²) >= 11 is 1.13. The number of ether oxygens (including phenoxy) is 1. The molecule has 1 fully saturated rings. The van der Waals surface area contributed by atoms with E-state index in [2.05, 4.69) is 15.5 Å². The first-order valence-electron chi connectivity index (χ1n) is 10.4. The van der Waals surface area contributed by atoms with E-state index in [1.165, 1.54) is 12.1 Å². The van der Waals surface area contributed by atoms with Gasteiger partial charge >= 0.3 is 5.97 Å². The SMILES string of the molecule is O=C(Nc1nnc(Cc2cc(F)cc(F)c2)s1)c1ccc(O[C@H]2CC[C@@H](C(=O)O)CC2)cc1. The molecule has 2 N–H and O–H groups in total. The van der Waals surface area contributed by atoms with Crippen molar-refractivity contribution in [3.05, 3.63) is 70.2 Å². The van der Waals surface area contributed by atoms with Gasteiger partial charge < -0.3 is 9.84 Å². The second kappa shape index (κ2) is 10.0. The molecule has 4 rings (SSSR count). The van der Waals surface area contributed by atoms with Gasteiger partial charge in [0.2, 0.25) is 5.13 Å². The van der Waals surface area contributed by atoms with E-state index < -0.39 is 17.6 Å². The lowest BCUT2D eigenvalue weighted by atomic mass is 9.87. The first kappa shape index (κ1) is 22.8. The second-order valence-corrected chi connectivity index (χ2v) is 8.93. The lowest BCUT2D eigenvalue weighted by molar-refractivity contribution is -0.143. The molecule has 0 bridgehead atoms. The summed E-state index contributed by atoms with van der Waals surface area (Å²) < 4.78 is 32.6. The number of rotatable bonds is 7. The van der Waals surface area contributed by atoms with E-state index in [1.54, 1.807) is 24.3 Å². The minimum atomic E-state index is -0.755. The van der Waals surface area contributed by atoms with Crippen molar-refractivity contribution in [2.24, 2.45) is 5.92 Å². The summed E-state index contributed by atoms with van der Waals surface area (Å²) in [6.07, 6.45) is 2.72. The molecule has 0 saturated heterocycles.